The van der Waals surface area contributed by atoms with Gasteiger partial charge in [-0.2, -0.15) is 0 Å². The maximum absolute atomic E-state index is 13.0. The minimum atomic E-state index is -0.565. The predicted octanol–water partition coefficient (Wildman–Crippen LogP) is 2.64. The van der Waals surface area contributed by atoms with E-state index in [1.165, 1.54) is 4.90 Å². The van der Waals surface area contributed by atoms with Crippen LogP contribution in [0.25, 0.3) is 11.1 Å². The number of hydrogen-bond acceptors (Lipinski definition) is 5. The number of nitrogens with zero attached hydrogens (tertiary/aromatic N) is 3. The number of carbonyl (C=O) groups is 2. The Kier molecular flexibility index (Phi) is 4.98. The van der Waals surface area contributed by atoms with Crippen LogP contribution in [0.2, 0.25) is 0 Å². The smallest absolute Gasteiger partial charge is 0.259 e. The van der Waals surface area contributed by atoms with E-state index in [1.54, 1.807) is 21.0 Å². The second kappa shape index (κ2) is 7.05. The average Bonchev–Trinajstić information content (AvgIpc) is 3.36. The van der Waals surface area contributed by atoms with E-state index in [0.29, 0.717) is 34.7 Å². The molecule has 26 heavy (non-hydrogen) atoms. The molecule has 1 aliphatic rings. The third-order valence-corrected chi connectivity index (χ3v) is 4.63. The highest BCUT2D eigenvalue weighted by molar-refractivity contribution is 6.07. The molecular weight excluding hydrogens is 332 g/mol. The van der Waals surface area contributed by atoms with Crippen LogP contribution in [0.3, 0.4) is 0 Å². The zero-order valence-corrected chi connectivity index (χ0v) is 16.0. The molecule has 140 valence electrons. The summed E-state index contributed by atoms with van der Waals surface area (Å²) in [5.74, 6) is 0.264. The summed E-state index contributed by atoms with van der Waals surface area (Å²) in [4.78, 5) is 31.5. The Hall–Kier alpha value is -2.44. The van der Waals surface area contributed by atoms with Crippen LogP contribution in [0.1, 0.15) is 60.8 Å². The first-order chi connectivity index (χ1) is 12.3. The molecule has 0 bridgehead atoms. The van der Waals surface area contributed by atoms with Crippen molar-refractivity contribution in [3.8, 4) is 0 Å². The van der Waals surface area contributed by atoms with E-state index in [9.17, 15) is 9.59 Å². The van der Waals surface area contributed by atoms with Gasteiger partial charge in [0.15, 0.2) is 0 Å². The van der Waals surface area contributed by atoms with Crippen LogP contribution >= 0.6 is 0 Å². The summed E-state index contributed by atoms with van der Waals surface area (Å²) in [6, 6.07) is 1.26. The highest BCUT2D eigenvalue weighted by Crippen LogP contribution is 2.40. The minimum absolute atomic E-state index is 0.109. The van der Waals surface area contributed by atoms with Crippen molar-refractivity contribution in [2.75, 3.05) is 14.1 Å². The number of hydrogen-bond donors (Lipinski definition) is 1. The number of likely N-dealkylation sites (N-methyl/N-ethyl adjacent to an activating group) is 1. The Morgan fingerprint density at radius 1 is 1.35 bits per heavy atom. The minimum Gasteiger partial charge on any atom is -0.347 e. The molecule has 1 saturated carbocycles. The van der Waals surface area contributed by atoms with Crippen molar-refractivity contribution in [1.82, 2.24) is 20.4 Å². The highest BCUT2D eigenvalue weighted by Gasteiger charge is 2.30. The fourth-order valence-electron chi connectivity index (χ4n) is 3.12. The van der Waals surface area contributed by atoms with Crippen LogP contribution < -0.4 is 5.32 Å². The number of nitrogens with one attached hydrogen (secondary N) is 1. The molecule has 0 radical (unpaired) electrons. The molecule has 2 heterocycles. The summed E-state index contributed by atoms with van der Waals surface area (Å²) in [7, 11) is 3.39. The molecule has 7 nitrogen and oxygen atoms in total. The lowest BCUT2D eigenvalue weighted by Crippen LogP contribution is -2.47. The maximum atomic E-state index is 13.0. The lowest BCUT2D eigenvalue weighted by Gasteiger charge is -2.23. The SMILES string of the molecule is Cc1noc2nc(C3CC3)cc(C(=O)N[C@H](CC(C)C)C(=O)N(C)C)c12. The number of amides is 2. The molecule has 7 heteroatoms. The molecule has 2 aromatic rings. The van der Waals surface area contributed by atoms with Crippen molar-refractivity contribution in [2.45, 2.75) is 52.0 Å². The van der Waals surface area contributed by atoms with E-state index in [0.717, 1.165) is 18.5 Å². The van der Waals surface area contributed by atoms with Crippen molar-refractivity contribution < 1.29 is 14.1 Å². The van der Waals surface area contributed by atoms with E-state index in [1.807, 2.05) is 19.9 Å². The Morgan fingerprint density at radius 2 is 2.04 bits per heavy atom. The molecule has 2 amide bonds. The van der Waals surface area contributed by atoms with Gasteiger partial charge in [0.2, 0.25) is 5.91 Å². The van der Waals surface area contributed by atoms with E-state index in [-0.39, 0.29) is 17.7 Å². The van der Waals surface area contributed by atoms with Crippen LogP contribution in [0.4, 0.5) is 0 Å². The van der Waals surface area contributed by atoms with Crippen molar-refractivity contribution in [3.05, 3.63) is 23.0 Å². The van der Waals surface area contributed by atoms with E-state index >= 15 is 0 Å². The lowest BCUT2D eigenvalue weighted by molar-refractivity contribution is -0.131. The average molecular weight is 358 g/mol. The van der Waals surface area contributed by atoms with Gasteiger partial charge in [-0.15, -0.1) is 0 Å². The standard InChI is InChI=1S/C19H26N4O3/c1-10(2)8-15(19(25)23(4)5)20-17(24)13-9-14(12-6-7-12)21-18-16(13)11(3)22-26-18/h9-10,12,15H,6-8H2,1-5H3,(H,20,24)/t15-/m1/s1. The zero-order valence-electron chi connectivity index (χ0n) is 16.0. The lowest BCUT2D eigenvalue weighted by atomic mass is 10.0. The third-order valence-electron chi connectivity index (χ3n) is 4.63. The number of fused-ring (bicyclic) bond motifs is 1. The number of rotatable bonds is 6. The van der Waals surface area contributed by atoms with Crippen molar-refractivity contribution >= 4 is 22.9 Å². The van der Waals surface area contributed by atoms with Crippen LogP contribution in [0, 0.1) is 12.8 Å². The van der Waals surface area contributed by atoms with Gasteiger partial charge in [-0.3, -0.25) is 9.59 Å². The first kappa shape index (κ1) is 18.4. The zero-order chi connectivity index (χ0) is 19.0. The van der Waals surface area contributed by atoms with Crippen molar-refractivity contribution in [1.29, 1.82) is 0 Å². The van der Waals surface area contributed by atoms with Crippen LogP contribution in [0.15, 0.2) is 10.6 Å². The largest absolute Gasteiger partial charge is 0.347 e. The van der Waals surface area contributed by atoms with E-state index < -0.39 is 6.04 Å². The summed E-state index contributed by atoms with van der Waals surface area (Å²) in [6.07, 6.45) is 2.72. The number of pyridine rings is 1. The van der Waals surface area contributed by atoms with E-state index in [2.05, 4.69) is 15.5 Å². The fourth-order valence-corrected chi connectivity index (χ4v) is 3.12. The van der Waals surface area contributed by atoms with Gasteiger partial charge in [0, 0.05) is 25.7 Å². The summed E-state index contributed by atoms with van der Waals surface area (Å²) in [6.45, 7) is 5.85. The third kappa shape index (κ3) is 3.71. The molecule has 0 aliphatic heterocycles. The summed E-state index contributed by atoms with van der Waals surface area (Å²) < 4.78 is 5.30. The summed E-state index contributed by atoms with van der Waals surface area (Å²) in [5, 5.41) is 7.49. The normalized spacial score (nSPS) is 15.3. The van der Waals surface area contributed by atoms with Crippen molar-refractivity contribution in [3.63, 3.8) is 0 Å². The second-order valence-corrected chi connectivity index (χ2v) is 7.71. The Morgan fingerprint density at radius 3 is 2.62 bits per heavy atom. The molecule has 0 spiro atoms. The molecule has 0 saturated heterocycles. The monoisotopic (exact) mass is 358 g/mol. The molecule has 2 aromatic heterocycles. The van der Waals surface area contributed by atoms with Crippen LogP contribution in [-0.2, 0) is 4.79 Å². The van der Waals surface area contributed by atoms with E-state index in [4.69, 9.17) is 4.52 Å². The summed E-state index contributed by atoms with van der Waals surface area (Å²) in [5.41, 5.74) is 2.35. The fraction of sp³-hybridized carbons (Fsp3) is 0.579. The Labute approximate surface area is 153 Å². The van der Waals surface area contributed by atoms with Gasteiger partial charge in [0.1, 0.15) is 6.04 Å². The first-order valence-corrected chi connectivity index (χ1v) is 9.06. The van der Waals surface area contributed by atoms with Crippen LogP contribution in [0.5, 0.6) is 0 Å². The molecule has 3 rings (SSSR count). The molecule has 1 atom stereocenters. The maximum Gasteiger partial charge on any atom is 0.259 e. The second-order valence-electron chi connectivity index (χ2n) is 7.71. The molecule has 1 aliphatic carbocycles. The topological polar surface area (TPSA) is 88.3 Å². The molecular formula is C19H26N4O3. The predicted molar refractivity (Wildman–Crippen MR) is 97.9 cm³/mol. The molecule has 0 unspecified atom stereocenters. The molecule has 1 fully saturated rings. The van der Waals surface area contributed by atoms with Gasteiger partial charge in [0.25, 0.3) is 11.6 Å². The number of aryl methyl sites for hydroxylation is 1. The number of aromatic nitrogens is 2. The van der Waals surface area contributed by atoms with Gasteiger partial charge in [0.05, 0.1) is 16.6 Å². The molecule has 1 N–H and O–H groups in total. The number of carbonyl (C=O) groups excluding carboxylic acids is 2. The molecule has 0 aromatic carbocycles. The van der Waals surface area contributed by atoms with Gasteiger partial charge >= 0.3 is 0 Å². The van der Waals surface area contributed by atoms with Gasteiger partial charge in [-0.05, 0) is 38.2 Å². The quantitative estimate of drug-likeness (QED) is 0.857. The Balaban J connectivity index is 1.95. The summed E-state index contributed by atoms with van der Waals surface area (Å²) >= 11 is 0. The highest BCUT2D eigenvalue weighted by atomic mass is 16.5. The van der Waals surface area contributed by atoms with Crippen molar-refractivity contribution in [2.24, 2.45) is 5.92 Å². The Bertz CT molecular complexity index is 837. The first-order valence-electron chi connectivity index (χ1n) is 9.06. The van der Waals surface area contributed by atoms with Crippen LogP contribution in [-0.4, -0.2) is 47.0 Å². The van der Waals surface area contributed by atoms with Gasteiger partial charge < -0.3 is 14.7 Å². The van der Waals surface area contributed by atoms with Gasteiger partial charge in [-0.25, -0.2) is 4.98 Å². The van der Waals surface area contributed by atoms with Gasteiger partial charge in [-0.1, -0.05) is 19.0 Å².